The van der Waals surface area contributed by atoms with E-state index in [2.05, 4.69) is 24.4 Å². The van der Waals surface area contributed by atoms with Gasteiger partial charge in [0.05, 0.1) is 0 Å². The minimum absolute atomic E-state index is 0.753. The number of hydrogen-bond acceptors (Lipinski definition) is 2. The van der Waals surface area contributed by atoms with Crippen LogP contribution in [0.4, 0.5) is 0 Å². The lowest BCUT2D eigenvalue weighted by Gasteiger charge is -2.32. The first kappa shape index (κ1) is 8.52. The highest BCUT2D eigenvalue weighted by molar-refractivity contribution is 4.91. The van der Waals surface area contributed by atoms with E-state index in [9.17, 15) is 0 Å². The molecule has 2 nitrogen and oxygen atoms in total. The van der Waals surface area contributed by atoms with E-state index >= 15 is 0 Å². The standard InChI is InChI=1S/C10H20N2/c1-8-7-9-5-3-4-6-10(9)12(8)11-2/h8-11H,3-7H2,1-2H3/t8-,9?,10+/m1/s1. The van der Waals surface area contributed by atoms with Gasteiger partial charge in [0, 0.05) is 12.1 Å². The maximum Gasteiger partial charge on any atom is 0.0275 e. The lowest BCUT2D eigenvalue weighted by atomic mass is 9.85. The van der Waals surface area contributed by atoms with Crippen LogP contribution in [0.5, 0.6) is 0 Å². The predicted octanol–water partition coefficient (Wildman–Crippen LogP) is 1.77. The molecule has 0 spiro atoms. The van der Waals surface area contributed by atoms with E-state index in [-0.39, 0.29) is 0 Å². The third-order valence-electron chi connectivity index (χ3n) is 3.60. The van der Waals surface area contributed by atoms with Gasteiger partial charge in [-0.15, -0.1) is 0 Å². The Balaban J connectivity index is 2.05. The zero-order valence-corrected chi connectivity index (χ0v) is 8.21. The molecule has 1 saturated carbocycles. The number of nitrogens with zero attached hydrogens (tertiary/aromatic N) is 1. The third-order valence-corrected chi connectivity index (χ3v) is 3.60. The average Bonchev–Trinajstić information content (AvgIpc) is 2.40. The smallest absolute Gasteiger partial charge is 0.0275 e. The van der Waals surface area contributed by atoms with Crippen molar-refractivity contribution in [2.45, 2.75) is 51.1 Å². The van der Waals surface area contributed by atoms with Crippen molar-refractivity contribution < 1.29 is 0 Å². The molecule has 12 heavy (non-hydrogen) atoms. The average molecular weight is 168 g/mol. The van der Waals surface area contributed by atoms with E-state index in [4.69, 9.17) is 0 Å². The lowest BCUT2D eigenvalue weighted by Crippen LogP contribution is -2.45. The van der Waals surface area contributed by atoms with Crippen LogP contribution in [0.1, 0.15) is 39.0 Å². The summed E-state index contributed by atoms with van der Waals surface area (Å²) in [5.74, 6) is 0.987. The fraction of sp³-hybridized carbons (Fsp3) is 1.00. The zero-order valence-electron chi connectivity index (χ0n) is 8.21. The SMILES string of the molecule is CNN1[C@H](C)CC2CCCC[C@@H]21. The molecule has 2 heteroatoms. The summed E-state index contributed by atoms with van der Waals surface area (Å²) in [5, 5.41) is 2.48. The molecule has 0 aromatic carbocycles. The second kappa shape index (κ2) is 3.35. The molecule has 3 atom stereocenters. The van der Waals surface area contributed by atoms with Gasteiger partial charge in [-0.25, -0.2) is 5.01 Å². The molecule has 70 valence electrons. The van der Waals surface area contributed by atoms with Crippen LogP contribution >= 0.6 is 0 Å². The van der Waals surface area contributed by atoms with Crippen molar-refractivity contribution in [1.82, 2.24) is 10.4 Å². The number of rotatable bonds is 1. The fourth-order valence-electron chi connectivity index (χ4n) is 3.09. The van der Waals surface area contributed by atoms with Crippen molar-refractivity contribution in [2.75, 3.05) is 7.05 Å². The van der Waals surface area contributed by atoms with Crippen molar-refractivity contribution >= 4 is 0 Å². The van der Waals surface area contributed by atoms with Crippen LogP contribution in [0.15, 0.2) is 0 Å². The summed E-state index contributed by atoms with van der Waals surface area (Å²) >= 11 is 0. The van der Waals surface area contributed by atoms with Crippen molar-refractivity contribution in [3.8, 4) is 0 Å². The van der Waals surface area contributed by atoms with Gasteiger partial charge in [0.15, 0.2) is 0 Å². The molecule has 1 heterocycles. The fourth-order valence-corrected chi connectivity index (χ4v) is 3.09. The number of fused-ring (bicyclic) bond motifs is 1. The predicted molar refractivity (Wildman–Crippen MR) is 50.7 cm³/mol. The number of hydrazine groups is 1. The molecular formula is C10H20N2. The molecule has 2 rings (SSSR count). The first-order chi connectivity index (χ1) is 5.83. The van der Waals surface area contributed by atoms with Crippen molar-refractivity contribution in [3.63, 3.8) is 0 Å². The Kier molecular flexibility index (Phi) is 2.37. The highest BCUT2D eigenvalue weighted by Gasteiger charge is 2.39. The Morgan fingerprint density at radius 1 is 1.25 bits per heavy atom. The van der Waals surface area contributed by atoms with E-state index in [1.807, 2.05) is 0 Å². The van der Waals surface area contributed by atoms with Gasteiger partial charge in [0.1, 0.15) is 0 Å². The first-order valence-corrected chi connectivity index (χ1v) is 5.28. The van der Waals surface area contributed by atoms with Crippen LogP contribution < -0.4 is 5.43 Å². The van der Waals surface area contributed by atoms with Gasteiger partial charge in [-0.2, -0.15) is 0 Å². The molecule has 0 aromatic rings. The molecule has 0 amide bonds. The Labute approximate surface area is 75.3 Å². The van der Waals surface area contributed by atoms with Crippen LogP contribution in [0.3, 0.4) is 0 Å². The maximum atomic E-state index is 3.35. The Morgan fingerprint density at radius 2 is 2.00 bits per heavy atom. The van der Waals surface area contributed by atoms with Gasteiger partial charge in [-0.05, 0) is 39.2 Å². The van der Waals surface area contributed by atoms with Gasteiger partial charge < -0.3 is 0 Å². The molecule has 1 saturated heterocycles. The van der Waals surface area contributed by atoms with Crippen LogP contribution in [-0.4, -0.2) is 24.1 Å². The molecule has 1 aliphatic carbocycles. The van der Waals surface area contributed by atoms with Gasteiger partial charge in [-0.3, -0.25) is 5.43 Å². The summed E-state index contributed by atoms with van der Waals surface area (Å²) in [6.07, 6.45) is 7.19. The van der Waals surface area contributed by atoms with E-state index in [1.54, 1.807) is 0 Å². The van der Waals surface area contributed by atoms with E-state index in [0.717, 1.165) is 18.0 Å². The van der Waals surface area contributed by atoms with Gasteiger partial charge >= 0.3 is 0 Å². The van der Waals surface area contributed by atoms with Gasteiger partial charge in [0.25, 0.3) is 0 Å². The van der Waals surface area contributed by atoms with Crippen molar-refractivity contribution in [2.24, 2.45) is 5.92 Å². The van der Waals surface area contributed by atoms with E-state index in [1.165, 1.54) is 32.1 Å². The Bertz CT molecular complexity index is 158. The summed E-state index contributed by atoms with van der Waals surface area (Å²) in [6.45, 7) is 2.34. The second-order valence-electron chi connectivity index (χ2n) is 4.33. The molecule has 1 N–H and O–H groups in total. The summed E-state index contributed by atoms with van der Waals surface area (Å²) in [7, 11) is 2.06. The molecular weight excluding hydrogens is 148 g/mol. The maximum absolute atomic E-state index is 3.35. The molecule has 1 unspecified atom stereocenters. The number of nitrogens with one attached hydrogen (secondary N) is 1. The van der Waals surface area contributed by atoms with Gasteiger partial charge in [-0.1, -0.05) is 12.8 Å². The molecule has 2 fully saturated rings. The summed E-state index contributed by atoms with van der Waals surface area (Å²) in [6, 6.07) is 1.60. The molecule has 1 aliphatic heterocycles. The first-order valence-electron chi connectivity index (χ1n) is 5.28. The quantitative estimate of drug-likeness (QED) is 0.642. The van der Waals surface area contributed by atoms with Crippen molar-refractivity contribution in [3.05, 3.63) is 0 Å². The molecule has 0 bridgehead atoms. The second-order valence-corrected chi connectivity index (χ2v) is 4.33. The molecule has 2 aliphatic rings. The van der Waals surface area contributed by atoms with Crippen LogP contribution in [0.25, 0.3) is 0 Å². The van der Waals surface area contributed by atoms with Crippen LogP contribution in [0, 0.1) is 5.92 Å². The third kappa shape index (κ3) is 1.27. The van der Waals surface area contributed by atoms with Crippen molar-refractivity contribution in [1.29, 1.82) is 0 Å². The molecule has 0 radical (unpaired) electrons. The normalized spacial score (nSPS) is 43.0. The number of hydrogen-bond donors (Lipinski definition) is 1. The van der Waals surface area contributed by atoms with Crippen LogP contribution in [-0.2, 0) is 0 Å². The minimum atomic E-state index is 0.753. The monoisotopic (exact) mass is 168 g/mol. The summed E-state index contributed by atoms with van der Waals surface area (Å²) in [4.78, 5) is 0. The van der Waals surface area contributed by atoms with E-state index in [0.29, 0.717) is 0 Å². The minimum Gasteiger partial charge on any atom is -0.258 e. The summed E-state index contributed by atoms with van der Waals surface area (Å²) in [5.41, 5.74) is 3.35. The Hall–Kier alpha value is -0.0800. The zero-order chi connectivity index (χ0) is 8.55. The highest BCUT2D eigenvalue weighted by Crippen LogP contribution is 2.37. The van der Waals surface area contributed by atoms with E-state index < -0.39 is 0 Å². The summed E-state index contributed by atoms with van der Waals surface area (Å²) < 4.78 is 0. The Morgan fingerprint density at radius 3 is 2.75 bits per heavy atom. The lowest BCUT2D eigenvalue weighted by molar-refractivity contribution is 0.108. The largest absolute Gasteiger partial charge is 0.258 e. The molecule has 0 aromatic heterocycles. The van der Waals surface area contributed by atoms with Gasteiger partial charge in [0.2, 0.25) is 0 Å². The topological polar surface area (TPSA) is 15.3 Å². The highest BCUT2D eigenvalue weighted by atomic mass is 15.5. The van der Waals surface area contributed by atoms with Crippen LogP contribution in [0.2, 0.25) is 0 Å².